The third-order valence-corrected chi connectivity index (χ3v) is 3.54. The van der Waals surface area contributed by atoms with Crippen molar-refractivity contribution in [3.05, 3.63) is 57.5 Å². The quantitative estimate of drug-likeness (QED) is 0.801. The number of benzene rings is 1. The maximum Gasteiger partial charge on any atom is 0.276 e. The Balaban J connectivity index is 1.88. The van der Waals surface area contributed by atoms with E-state index in [9.17, 15) is 19.2 Å². The summed E-state index contributed by atoms with van der Waals surface area (Å²) in [7, 11) is 2.84. The molecule has 3 amide bonds. The maximum atomic E-state index is 12.1. The standard InChI is InChI=1S/C15H12N4O4/c1-18-14(22)9-4-3-8(7-10(9)15(18)23)16-13(21)11-5-6-12(20)19(2)17-11/h3-7H,1-2H3,(H,16,21). The molecule has 8 heteroatoms. The summed E-state index contributed by atoms with van der Waals surface area (Å²) < 4.78 is 1.05. The number of carbonyl (C=O) groups excluding carboxylic acids is 3. The second kappa shape index (κ2) is 5.16. The van der Waals surface area contributed by atoms with E-state index in [1.54, 1.807) is 0 Å². The zero-order chi connectivity index (χ0) is 16.7. The Kier molecular flexibility index (Phi) is 3.29. The van der Waals surface area contributed by atoms with Crippen molar-refractivity contribution >= 4 is 23.4 Å². The van der Waals surface area contributed by atoms with Crippen molar-refractivity contribution in [2.24, 2.45) is 7.05 Å². The van der Waals surface area contributed by atoms with Gasteiger partial charge in [0.1, 0.15) is 5.69 Å². The van der Waals surface area contributed by atoms with E-state index in [-0.39, 0.29) is 22.7 Å². The fourth-order valence-corrected chi connectivity index (χ4v) is 2.26. The lowest BCUT2D eigenvalue weighted by Crippen LogP contribution is -2.24. The minimum absolute atomic E-state index is 0.0621. The first kappa shape index (κ1) is 14.6. The van der Waals surface area contributed by atoms with Crippen molar-refractivity contribution in [1.82, 2.24) is 14.7 Å². The summed E-state index contributed by atoms with van der Waals surface area (Å²) >= 11 is 0. The number of aromatic nitrogens is 2. The molecule has 2 aromatic rings. The highest BCUT2D eigenvalue weighted by molar-refractivity contribution is 6.21. The number of fused-ring (bicyclic) bond motifs is 1. The molecule has 0 unspecified atom stereocenters. The van der Waals surface area contributed by atoms with Crippen LogP contribution in [0.15, 0.2) is 35.1 Å². The lowest BCUT2D eigenvalue weighted by molar-refractivity contribution is 0.0692. The molecule has 0 bridgehead atoms. The molecular formula is C15H12N4O4. The summed E-state index contributed by atoms with van der Waals surface area (Å²) in [5, 5.41) is 6.43. The number of nitrogens with zero attached hydrogens (tertiary/aromatic N) is 3. The number of carbonyl (C=O) groups is 3. The second-order valence-electron chi connectivity index (χ2n) is 5.06. The van der Waals surface area contributed by atoms with E-state index in [1.165, 1.54) is 44.4 Å². The lowest BCUT2D eigenvalue weighted by atomic mass is 10.1. The predicted octanol–water partition coefficient (Wildman–Crippen LogP) is 0.258. The van der Waals surface area contributed by atoms with E-state index < -0.39 is 11.8 Å². The molecule has 0 atom stereocenters. The average molecular weight is 312 g/mol. The number of nitrogens with one attached hydrogen (secondary N) is 1. The zero-order valence-corrected chi connectivity index (χ0v) is 12.4. The molecule has 1 aliphatic rings. The van der Waals surface area contributed by atoms with Crippen LogP contribution < -0.4 is 10.9 Å². The van der Waals surface area contributed by atoms with Gasteiger partial charge in [0.15, 0.2) is 0 Å². The van der Waals surface area contributed by atoms with Gasteiger partial charge in [-0.05, 0) is 24.3 Å². The van der Waals surface area contributed by atoms with Crippen molar-refractivity contribution in [3.8, 4) is 0 Å². The summed E-state index contributed by atoms with van der Waals surface area (Å²) in [4.78, 5) is 48.2. The van der Waals surface area contributed by atoms with E-state index in [0.717, 1.165) is 9.58 Å². The Labute approximate surface area is 130 Å². The number of aryl methyl sites for hydroxylation is 1. The van der Waals surface area contributed by atoms with Crippen molar-refractivity contribution in [2.45, 2.75) is 0 Å². The SMILES string of the molecule is CN1C(=O)c2ccc(NC(=O)c3ccc(=O)n(C)n3)cc2C1=O. The van der Waals surface area contributed by atoms with Gasteiger partial charge < -0.3 is 5.32 Å². The third-order valence-electron chi connectivity index (χ3n) is 3.54. The number of rotatable bonds is 2. The highest BCUT2D eigenvalue weighted by Crippen LogP contribution is 2.24. The molecule has 0 fully saturated rings. The van der Waals surface area contributed by atoms with Crippen LogP contribution in [0, 0.1) is 0 Å². The minimum atomic E-state index is -0.523. The largest absolute Gasteiger partial charge is 0.321 e. The maximum absolute atomic E-state index is 12.1. The van der Waals surface area contributed by atoms with E-state index in [2.05, 4.69) is 10.4 Å². The third kappa shape index (κ3) is 2.39. The van der Waals surface area contributed by atoms with Gasteiger partial charge in [0.2, 0.25) is 0 Å². The molecule has 23 heavy (non-hydrogen) atoms. The molecule has 0 saturated carbocycles. The molecule has 0 saturated heterocycles. The molecule has 3 rings (SSSR count). The number of hydrogen-bond acceptors (Lipinski definition) is 5. The highest BCUT2D eigenvalue weighted by atomic mass is 16.2. The van der Waals surface area contributed by atoms with Crippen molar-refractivity contribution in [3.63, 3.8) is 0 Å². The Morgan fingerprint density at radius 1 is 1.00 bits per heavy atom. The van der Waals surface area contributed by atoms with E-state index in [4.69, 9.17) is 0 Å². The lowest BCUT2D eigenvalue weighted by Gasteiger charge is -2.06. The van der Waals surface area contributed by atoms with Gasteiger partial charge in [-0.15, -0.1) is 0 Å². The van der Waals surface area contributed by atoms with Crippen LogP contribution in [0.2, 0.25) is 0 Å². The molecule has 0 aliphatic carbocycles. The Bertz CT molecular complexity index is 916. The average Bonchev–Trinajstić information content (AvgIpc) is 2.74. The number of imide groups is 1. The molecule has 1 N–H and O–H groups in total. The molecule has 1 aromatic carbocycles. The van der Waals surface area contributed by atoms with Gasteiger partial charge in [0.25, 0.3) is 23.3 Å². The first-order valence-corrected chi connectivity index (χ1v) is 6.70. The van der Waals surface area contributed by atoms with Gasteiger partial charge in [0.05, 0.1) is 11.1 Å². The van der Waals surface area contributed by atoms with Crippen LogP contribution in [-0.4, -0.2) is 39.4 Å². The molecule has 2 heterocycles. The van der Waals surface area contributed by atoms with Crippen LogP contribution in [0.4, 0.5) is 5.69 Å². The second-order valence-corrected chi connectivity index (χ2v) is 5.06. The van der Waals surface area contributed by atoms with Crippen LogP contribution in [-0.2, 0) is 7.05 Å². The van der Waals surface area contributed by atoms with Gasteiger partial charge in [-0.1, -0.05) is 0 Å². The molecular weight excluding hydrogens is 300 g/mol. The number of amides is 3. The summed E-state index contributed by atoms with van der Waals surface area (Å²) in [6.45, 7) is 0. The predicted molar refractivity (Wildman–Crippen MR) is 80.3 cm³/mol. The normalized spacial score (nSPS) is 13.2. The molecule has 8 nitrogen and oxygen atoms in total. The Morgan fingerprint density at radius 3 is 2.39 bits per heavy atom. The number of hydrogen-bond donors (Lipinski definition) is 1. The number of anilines is 1. The van der Waals surface area contributed by atoms with E-state index in [1.807, 2.05) is 0 Å². The van der Waals surface area contributed by atoms with Crippen LogP contribution in [0.5, 0.6) is 0 Å². The van der Waals surface area contributed by atoms with Gasteiger partial charge in [-0.2, -0.15) is 5.10 Å². The van der Waals surface area contributed by atoms with Crippen LogP contribution in [0.3, 0.4) is 0 Å². The van der Waals surface area contributed by atoms with Crippen molar-refractivity contribution < 1.29 is 14.4 Å². The van der Waals surface area contributed by atoms with E-state index >= 15 is 0 Å². The van der Waals surface area contributed by atoms with Crippen LogP contribution in [0.1, 0.15) is 31.2 Å². The molecule has 116 valence electrons. The van der Waals surface area contributed by atoms with Gasteiger partial charge >= 0.3 is 0 Å². The summed E-state index contributed by atoms with van der Waals surface area (Å²) in [6.07, 6.45) is 0. The molecule has 0 radical (unpaired) electrons. The fraction of sp³-hybridized carbons (Fsp3) is 0.133. The first-order valence-electron chi connectivity index (χ1n) is 6.70. The summed E-state index contributed by atoms with van der Waals surface area (Å²) in [5.41, 5.74) is 0.638. The van der Waals surface area contributed by atoms with Crippen molar-refractivity contribution in [2.75, 3.05) is 12.4 Å². The molecule has 0 spiro atoms. The fourth-order valence-electron chi connectivity index (χ4n) is 2.26. The monoisotopic (exact) mass is 312 g/mol. The van der Waals surface area contributed by atoms with Crippen LogP contribution >= 0.6 is 0 Å². The summed E-state index contributed by atoms with van der Waals surface area (Å²) in [5.74, 6) is -1.31. The minimum Gasteiger partial charge on any atom is -0.321 e. The summed E-state index contributed by atoms with van der Waals surface area (Å²) in [6, 6.07) is 7.01. The Hall–Kier alpha value is -3.29. The first-order chi connectivity index (χ1) is 10.9. The van der Waals surface area contributed by atoms with Crippen molar-refractivity contribution in [1.29, 1.82) is 0 Å². The Morgan fingerprint density at radius 2 is 1.70 bits per heavy atom. The highest BCUT2D eigenvalue weighted by Gasteiger charge is 2.32. The molecule has 1 aromatic heterocycles. The molecule has 1 aliphatic heterocycles. The van der Waals surface area contributed by atoms with Gasteiger partial charge in [0, 0.05) is 25.8 Å². The zero-order valence-electron chi connectivity index (χ0n) is 12.4. The smallest absolute Gasteiger partial charge is 0.276 e. The van der Waals surface area contributed by atoms with Gasteiger partial charge in [-0.25, -0.2) is 4.68 Å². The van der Waals surface area contributed by atoms with E-state index in [0.29, 0.717) is 11.3 Å². The topological polar surface area (TPSA) is 101 Å². The van der Waals surface area contributed by atoms with Crippen LogP contribution in [0.25, 0.3) is 0 Å². The van der Waals surface area contributed by atoms with Gasteiger partial charge in [-0.3, -0.25) is 24.1 Å².